The zero-order valence-electron chi connectivity index (χ0n) is 13.7. The maximum absolute atomic E-state index is 6.28. The first kappa shape index (κ1) is 14.8. The third-order valence-corrected chi connectivity index (χ3v) is 6.88. The van der Waals surface area contributed by atoms with Crippen molar-refractivity contribution in [3.05, 3.63) is 0 Å². The molecule has 2 aliphatic carbocycles. The predicted octanol–water partition coefficient (Wildman–Crippen LogP) is 3.80. The van der Waals surface area contributed by atoms with Crippen molar-refractivity contribution in [2.24, 2.45) is 23.0 Å². The number of likely N-dealkylation sites (tertiary alicyclic amines) is 1. The molecular weight excluding hydrogens is 244 g/mol. The van der Waals surface area contributed by atoms with Gasteiger partial charge in [-0.3, -0.25) is 4.90 Å². The van der Waals surface area contributed by atoms with Gasteiger partial charge in [0.15, 0.2) is 0 Å². The van der Waals surface area contributed by atoms with Crippen molar-refractivity contribution < 1.29 is 0 Å². The van der Waals surface area contributed by atoms with Crippen molar-refractivity contribution in [1.82, 2.24) is 4.90 Å². The maximum Gasteiger partial charge on any atom is 0.0332 e. The van der Waals surface area contributed by atoms with Crippen molar-refractivity contribution in [1.29, 1.82) is 0 Å². The number of hydrogen-bond acceptors (Lipinski definition) is 2. The van der Waals surface area contributed by atoms with Gasteiger partial charge in [-0.1, -0.05) is 33.1 Å². The van der Waals surface area contributed by atoms with Gasteiger partial charge >= 0.3 is 0 Å². The van der Waals surface area contributed by atoms with Crippen molar-refractivity contribution in [2.45, 2.75) is 77.2 Å². The van der Waals surface area contributed by atoms with Crippen LogP contribution in [0.4, 0.5) is 0 Å². The first-order valence-corrected chi connectivity index (χ1v) is 9.00. The summed E-state index contributed by atoms with van der Waals surface area (Å²) in [6, 6.07) is 0. The normalized spacial score (nSPS) is 37.4. The molecular formula is C18H34N2. The molecule has 0 aromatic carbocycles. The van der Waals surface area contributed by atoms with Crippen LogP contribution in [0.25, 0.3) is 0 Å². The van der Waals surface area contributed by atoms with Crippen LogP contribution in [-0.4, -0.2) is 30.1 Å². The van der Waals surface area contributed by atoms with E-state index in [0.717, 1.165) is 18.4 Å². The molecule has 0 aromatic heterocycles. The smallest absolute Gasteiger partial charge is 0.0332 e. The second kappa shape index (κ2) is 5.61. The van der Waals surface area contributed by atoms with Gasteiger partial charge in [0.1, 0.15) is 0 Å². The van der Waals surface area contributed by atoms with Crippen LogP contribution in [0.2, 0.25) is 0 Å². The Bertz CT molecular complexity index is 326. The van der Waals surface area contributed by atoms with E-state index in [-0.39, 0.29) is 0 Å². The van der Waals surface area contributed by atoms with E-state index >= 15 is 0 Å². The summed E-state index contributed by atoms with van der Waals surface area (Å²) in [5, 5.41) is 0. The fourth-order valence-electron chi connectivity index (χ4n) is 5.07. The highest BCUT2D eigenvalue weighted by atomic mass is 15.2. The molecule has 2 nitrogen and oxygen atoms in total. The third kappa shape index (κ3) is 2.78. The molecule has 3 aliphatic rings. The molecule has 0 amide bonds. The molecule has 1 saturated heterocycles. The van der Waals surface area contributed by atoms with Crippen LogP contribution < -0.4 is 5.73 Å². The van der Waals surface area contributed by atoms with Gasteiger partial charge < -0.3 is 5.73 Å². The fourth-order valence-corrected chi connectivity index (χ4v) is 5.07. The monoisotopic (exact) mass is 278 g/mol. The fraction of sp³-hybridized carbons (Fsp3) is 1.00. The van der Waals surface area contributed by atoms with E-state index in [2.05, 4.69) is 18.7 Å². The number of fused-ring (bicyclic) bond motifs is 1. The van der Waals surface area contributed by atoms with Gasteiger partial charge in [0.25, 0.3) is 0 Å². The predicted molar refractivity (Wildman–Crippen MR) is 85.7 cm³/mol. The highest BCUT2D eigenvalue weighted by molar-refractivity contribution is 5.00. The third-order valence-electron chi connectivity index (χ3n) is 6.88. The first-order chi connectivity index (χ1) is 9.55. The molecule has 2 unspecified atom stereocenters. The molecule has 0 spiro atoms. The molecule has 2 N–H and O–H groups in total. The van der Waals surface area contributed by atoms with Crippen molar-refractivity contribution in [3.8, 4) is 0 Å². The minimum Gasteiger partial charge on any atom is -0.329 e. The van der Waals surface area contributed by atoms with E-state index < -0.39 is 0 Å². The molecule has 116 valence electrons. The lowest BCUT2D eigenvalue weighted by molar-refractivity contribution is -0.0286. The minimum atomic E-state index is 0.345. The molecule has 20 heavy (non-hydrogen) atoms. The zero-order chi connectivity index (χ0) is 14.2. The lowest BCUT2D eigenvalue weighted by Crippen LogP contribution is -2.60. The van der Waals surface area contributed by atoms with Crippen LogP contribution in [0.15, 0.2) is 0 Å². The summed E-state index contributed by atoms with van der Waals surface area (Å²) in [5.74, 6) is 2.02. The Morgan fingerprint density at radius 1 is 0.950 bits per heavy atom. The van der Waals surface area contributed by atoms with Gasteiger partial charge in [-0.05, 0) is 62.3 Å². The van der Waals surface area contributed by atoms with Crippen molar-refractivity contribution in [3.63, 3.8) is 0 Å². The summed E-state index contributed by atoms with van der Waals surface area (Å²) in [5.41, 5.74) is 7.17. The molecule has 0 aromatic rings. The van der Waals surface area contributed by atoms with E-state index in [0.29, 0.717) is 11.0 Å². The summed E-state index contributed by atoms with van der Waals surface area (Å²) >= 11 is 0. The zero-order valence-corrected chi connectivity index (χ0v) is 13.7. The van der Waals surface area contributed by atoms with Gasteiger partial charge in [-0.2, -0.15) is 0 Å². The van der Waals surface area contributed by atoms with Crippen LogP contribution in [0, 0.1) is 17.3 Å². The quantitative estimate of drug-likeness (QED) is 0.832. The first-order valence-electron chi connectivity index (χ1n) is 9.00. The van der Waals surface area contributed by atoms with Crippen molar-refractivity contribution in [2.75, 3.05) is 19.6 Å². The number of nitrogens with two attached hydrogens (primary N) is 1. The summed E-state index contributed by atoms with van der Waals surface area (Å²) in [6.07, 6.45) is 12.7. The van der Waals surface area contributed by atoms with Gasteiger partial charge in [-0.25, -0.2) is 0 Å². The standard InChI is InChI=1S/C18H34N2/c1-17(2)8-10-18(14-19,11-9-17)20-12-7-15-5-3-4-6-16(15)13-20/h15-16H,3-14,19H2,1-2H3. The second-order valence-corrected chi connectivity index (χ2v) is 8.63. The van der Waals surface area contributed by atoms with Crippen LogP contribution in [-0.2, 0) is 0 Å². The maximum atomic E-state index is 6.28. The van der Waals surface area contributed by atoms with Gasteiger partial charge in [0.2, 0.25) is 0 Å². The average Bonchev–Trinajstić information content (AvgIpc) is 2.47. The number of piperidine rings is 1. The van der Waals surface area contributed by atoms with Crippen LogP contribution in [0.5, 0.6) is 0 Å². The Balaban J connectivity index is 1.67. The Morgan fingerprint density at radius 3 is 2.25 bits per heavy atom. The molecule has 1 heterocycles. The lowest BCUT2D eigenvalue weighted by atomic mass is 9.67. The van der Waals surface area contributed by atoms with Crippen LogP contribution >= 0.6 is 0 Å². The minimum absolute atomic E-state index is 0.345. The summed E-state index contributed by atoms with van der Waals surface area (Å²) in [6.45, 7) is 8.41. The van der Waals surface area contributed by atoms with Gasteiger partial charge in [0, 0.05) is 18.6 Å². The largest absolute Gasteiger partial charge is 0.329 e. The molecule has 2 heteroatoms. The van der Waals surface area contributed by atoms with E-state index in [9.17, 15) is 0 Å². The number of rotatable bonds is 2. The van der Waals surface area contributed by atoms with Gasteiger partial charge in [-0.15, -0.1) is 0 Å². The van der Waals surface area contributed by atoms with Crippen molar-refractivity contribution >= 4 is 0 Å². The van der Waals surface area contributed by atoms with E-state index in [1.54, 1.807) is 0 Å². The summed E-state index contributed by atoms with van der Waals surface area (Å²) in [7, 11) is 0. The molecule has 2 saturated carbocycles. The van der Waals surface area contributed by atoms with Crippen LogP contribution in [0.1, 0.15) is 71.6 Å². The second-order valence-electron chi connectivity index (χ2n) is 8.63. The Hall–Kier alpha value is -0.0800. The molecule has 0 bridgehead atoms. The highest BCUT2D eigenvalue weighted by Gasteiger charge is 2.44. The SMILES string of the molecule is CC1(C)CCC(CN)(N2CCC3CCCCC3C2)CC1. The lowest BCUT2D eigenvalue weighted by Gasteiger charge is -2.54. The molecule has 1 aliphatic heterocycles. The molecule has 3 rings (SSSR count). The molecule has 2 atom stereocenters. The Kier molecular flexibility index (Phi) is 4.16. The topological polar surface area (TPSA) is 29.3 Å². The molecule has 0 radical (unpaired) electrons. The Labute approximate surface area is 125 Å². The van der Waals surface area contributed by atoms with E-state index in [1.165, 1.54) is 70.9 Å². The average molecular weight is 278 g/mol. The molecule has 3 fully saturated rings. The van der Waals surface area contributed by atoms with Gasteiger partial charge in [0.05, 0.1) is 0 Å². The van der Waals surface area contributed by atoms with Crippen LogP contribution in [0.3, 0.4) is 0 Å². The Morgan fingerprint density at radius 2 is 1.60 bits per heavy atom. The summed E-state index contributed by atoms with van der Waals surface area (Å²) < 4.78 is 0. The number of nitrogens with zero attached hydrogens (tertiary/aromatic N) is 1. The highest BCUT2D eigenvalue weighted by Crippen LogP contribution is 2.45. The van der Waals surface area contributed by atoms with E-state index in [1.807, 2.05) is 0 Å². The summed E-state index contributed by atoms with van der Waals surface area (Å²) in [4.78, 5) is 2.83. The van der Waals surface area contributed by atoms with E-state index in [4.69, 9.17) is 5.73 Å². The number of hydrogen-bond donors (Lipinski definition) is 1.